The second-order valence-corrected chi connectivity index (χ2v) is 29.1. The molecule has 546 valence electrons. The highest BCUT2D eigenvalue weighted by molar-refractivity contribution is 7.79. The third-order valence-electron chi connectivity index (χ3n) is 14.2. The summed E-state index contributed by atoms with van der Waals surface area (Å²) in [7, 11) is -1.86. The molecular formula is C73H81Cl6N7O10S6. The van der Waals surface area contributed by atoms with E-state index in [4.69, 9.17) is 96.5 Å². The van der Waals surface area contributed by atoms with E-state index in [1.807, 2.05) is 114 Å². The van der Waals surface area contributed by atoms with Gasteiger partial charge in [0.15, 0.2) is 6.29 Å². The number of carbonyl (C=O) groups excluding carboxylic acids is 4. The SMILES string of the molecule is C.COC(=O)C(NCCc1cccs1)c1ccccc1Cl.COC(=O)C(c1ccccc1Cl)N1CCc2sccc2C1.Cl.N#CC(NCCc1cccs1)c1ccccc1Cl.NC(=O)C(NCCc1cccs1)c1ccccc1Cl.NCCc1cccs1.O=Cc1ccccc1Cl.O=S(=O)(O)O. The highest BCUT2D eigenvalue weighted by Crippen LogP contribution is 2.34. The van der Waals surface area contributed by atoms with Gasteiger partial charge in [-0.3, -0.25) is 28.9 Å². The number of fused-ring (bicyclic) bond motifs is 1. The number of hydrogen-bond donors (Lipinski definition) is 7. The summed E-state index contributed by atoms with van der Waals surface area (Å²) >= 11 is 38.9. The molecule has 17 nitrogen and oxygen atoms in total. The Morgan fingerprint density at radius 1 is 0.559 bits per heavy atom. The molecule has 0 fully saturated rings. The highest BCUT2D eigenvalue weighted by atomic mass is 35.5. The molecule has 5 aromatic heterocycles. The van der Waals surface area contributed by atoms with Crippen LogP contribution >= 0.6 is 127 Å². The normalized spacial score (nSPS) is 12.2. The van der Waals surface area contributed by atoms with E-state index in [0.717, 1.165) is 86.8 Å². The van der Waals surface area contributed by atoms with Gasteiger partial charge in [0.2, 0.25) is 5.91 Å². The number of rotatable bonds is 23. The molecule has 4 unspecified atom stereocenters. The predicted molar refractivity (Wildman–Crippen MR) is 424 cm³/mol. The van der Waals surface area contributed by atoms with Crippen molar-refractivity contribution in [1.29, 1.82) is 5.26 Å². The number of halogens is 6. The van der Waals surface area contributed by atoms with Crippen molar-refractivity contribution in [3.05, 3.63) is 286 Å². The first-order valence-corrected chi connectivity index (χ1v) is 38.4. The fourth-order valence-electron chi connectivity index (χ4n) is 9.48. The van der Waals surface area contributed by atoms with Crippen molar-refractivity contribution in [2.24, 2.45) is 11.5 Å². The van der Waals surface area contributed by atoms with Gasteiger partial charge in [-0.1, -0.05) is 181 Å². The number of nitriles is 1. The Hall–Kier alpha value is -6.42. The van der Waals surface area contributed by atoms with Crippen LogP contribution in [0.4, 0.5) is 0 Å². The van der Waals surface area contributed by atoms with E-state index in [-0.39, 0.29) is 37.8 Å². The van der Waals surface area contributed by atoms with Gasteiger partial charge in [-0.05, 0) is 148 Å². The van der Waals surface area contributed by atoms with E-state index in [9.17, 15) is 24.4 Å². The molecule has 6 heterocycles. The van der Waals surface area contributed by atoms with Crippen molar-refractivity contribution < 1.29 is 46.2 Å². The van der Waals surface area contributed by atoms with Crippen LogP contribution in [0, 0.1) is 11.3 Å². The summed E-state index contributed by atoms with van der Waals surface area (Å²) in [6.07, 6.45) is 5.40. The van der Waals surface area contributed by atoms with Crippen molar-refractivity contribution in [2.45, 2.75) is 70.2 Å². The molecule has 1 aliphatic heterocycles. The molecule has 5 aromatic carbocycles. The highest BCUT2D eigenvalue weighted by Gasteiger charge is 2.33. The number of thiophene rings is 5. The van der Waals surface area contributed by atoms with E-state index in [1.165, 1.54) is 44.2 Å². The number of ether oxygens (including phenoxy) is 2. The van der Waals surface area contributed by atoms with Crippen LogP contribution in [0.2, 0.25) is 25.1 Å². The molecule has 0 aliphatic carbocycles. The maximum absolute atomic E-state index is 12.3. The molecule has 29 heteroatoms. The molecule has 0 saturated carbocycles. The van der Waals surface area contributed by atoms with Gasteiger partial charge < -0.3 is 31.6 Å². The Labute approximate surface area is 648 Å². The molecule has 0 spiro atoms. The van der Waals surface area contributed by atoms with E-state index in [2.05, 4.69) is 79.5 Å². The minimum Gasteiger partial charge on any atom is -0.468 e. The lowest BCUT2D eigenvalue weighted by atomic mass is 10.0. The Balaban J connectivity index is 0.000000320. The fourth-order valence-corrected chi connectivity index (χ4v) is 14.4. The Morgan fingerprint density at radius 3 is 1.33 bits per heavy atom. The van der Waals surface area contributed by atoms with Crippen LogP contribution in [0.5, 0.6) is 0 Å². The number of hydrogen-bond acceptors (Lipinski definition) is 19. The molecule has 1 aliphatic rings. The maximum Gasteiger partial charge on any atom is 0.394 e. The minimum absolute atomic E-state index is 0. The zero-order chi connectivity index (χ0) is 72.7. The maximum atomic E-state index is 12.3. The zero-order valence-electron chi connectivity index (χ0n) is 54.8. The Bertz CT molecular complexity index is 4160. The molecule has 0 bridgehead atoms. The summed E-state index contributed by atoms with van der Waals surface area (Å²) in [6, 6.07) is 55.4. The van der Waals surface area contributed by atoms with Crippen molar-refractivity contribution in [2.75, 3.05) is 46.9 Å². The second kappa shape index (κ2) is 50.1. The standard InChI is InChI=1S/C16H16ClNO2S.C15H16ClNO2S.C14H15ClN2OS.C14H13ClN2S.C7H5ClO.C6H9NS.CH4.ClH.H2O4S/c1-20-16(19)15(12-4-2-3-5-13(12)17)18-8-6-14-11(10-18)7-9-21-14;1-19-15(18)14(12-6-2-3-7-13(12)16)17-9-8-11-5-4-10-20-11;15-12-6-2-1-5-11(12)13(14(16)18)17-8-7-10-4-3-9-19-10;15-13-6-2-1-5-12(13)14(10-16)17-8-7-11-4-3-9-18-11;8-7-4-2-1-3-6(7)5-9;7-4-3-6-2-1-5-8-6;;;1-5(2,3)4/h2-5,7,9,15H,6,8,10H2,1H3;2-7,10,14,17H,8-9H2,1H3;1-6,9,13,17H,7-8H2,(H2,16,18);1-6,9,14,17H,7-8H2;1-5H;1-2,5H,3-4,7H2;1H4;1H;(H2,1,2,3,4). The largest absolute Gasteiger partial charge is 0.468 e. The number of nitrogens with one attached hydrogen (secondary N) is 3. The molecule has 9 N–H and O–H groups in total. The van der Waals surface area contributed by atoms with Gasteiger partial charge in [0.25, 0.3) is 0 Å². The zero-order valence-corrected chi connectivity index (χ0v) is 64.2. The average Bonchev–Trinajstić information content (AvgIpc) is 1.26. The van der Waals surface area contributed by atoms with Crippen LogP contribution in [-0.2, 0) is 72.9 Å². The number of esters is 2. The number of primary amides is 1. The summed E-state index contributed by atoms with van der Waals surface area (Å²) in [5, 5.41) is 32.0. The van der Waals surface area contributed by atoms with Gasteiger partial charge in [0.05, 0.1) is 25.3 Å². The third-order valence-corrected chi connectivity index (χ3v) is 20.7. The van der Waals surface area contributed by atoms with E-state index < -0.39 is 34.4 Å². The molecule has 1 amide bonds. The van der Waals surface area contributed by atoms with Crippen molar-refractivity contribution >= 4 is 162 Å². The first-order chi connectivity index (χ1) is 48.2. The summed E-state index contributed by atoms with van der Waals surface area (Å²) in [5.41, 5.74) is 15.7. The van der Waals surface area contributed by atoms with E-state index >= 15 is 0 Å². The summed E-state index contributed by atoms with van der Waals surface area (Å²) in [5.74, 6) is -1.01. The fraction of sp³-hybridized carbons (Fsp3) is 0.247. The number of carbonyl (C=O) groups is 4. The van der Waals surface area contributed by atoms with E-state index in [1.54, 1.807) is 93.1 Å². The Morgan fingerprint density at radius 2 is 0.951 bits per heavy atom. The molecule has 0 radical (unpaired) electrons. The van der Waals surface area contributed by atoms with Gasteiger partial charge in [0, 0.05) is 88.3 Å². The number of benzene rings is 5. The van der Waals surface area contributed by atoms with Crippen molar-refractivity contribution in [3.63, 3.8) is 0 Å². The quantitative estimate of drug-likeness (QED) is 0.0178. The van der Waals surface area contributed by atoms with Gasteiger partial charge in [-0.25, -0.2) is 9.59 Å². The van der Waals surface area contributed by atoms with Gasteiger partial charge in [-0.15, -0.1) is 69.1 Å². The topological polar surface area (TPSA) is 276 Å². The van der Waals surface area contributed by atoms with Crippen LogP contribution in [0.1, 0.15) is 94.2 Å². The number of aldehydes is 1. The van der Waals surface area contributed by atoms with Crippen LogP contribution < -0.4 is 27.4 Å². The Kier molecular flexibility index (Phi) is 44.1. The van der Waals surface area contributed by atoms with Crippen LogP contribution in [-0.4, -0.2) is 93.5 Å². The lowest BCUT2D eigenvalue weighted by Crippen LogP contribution is -2.38. The lowest BCUT2D eigenvalue weighted by molar-refractivity contribution is -0.148. The lowest BCUT2D eigenvalue weighted by Gasteiger charge is -2.33. The van der Waals surface area contributed by atoms with Crippen molar-refractivity contribution in [1.82, 2.24) is 20.9 Å². The van der Waals surface area contributed by atoms with Gasteiger partial charge >= 0.3 is 22.3 Å². The first-order valence-electron chi connectivity index (χ1n) is 30.7. The predicted octanol–water partition coefficient (Wildman–Crippen LogP) is 17.5. The van der Waals surface area contributed by atoms with Gasteiger partial charge in [-0.2, -0.15) is 13.7 Å². The molecule has 10 aromatic rings. The van der Waals surface area contributed by atoms with E-state index in [0.29, 0.717) is 43.8 Å². The first kappa shape index (κ1) is 89.8. The number of nitrogens with zero attached hydrogens (tertiary/aromatic N) is 2. The number of amides is 1. The molecule has 0 saturated heterocycles. The van der Waals surface area contributed by atoms with Gasteiger partial charge in [0.1, 0.15) is 24.2 Å². The van der Waals surface area contributed by atoms with Crippen molar-refractivity contribution in [3.8, 4) is 6.07 Å². The smallest absolute Gasteiger partial charge is 0.394 e. The summed E-state index contributed by atoms with van der Waals surface area (Å²) in [6.45, 7) is 4.48. The summed E-state index contributed by atoms with van der Waals surface area (Å²) < 4.78 is 41.4. The molecule has 102 heavy (non-hydrogen) atoms. The van der Waals surface area contributed by atoms with Crippen LogP contribution in [0.15, 0.2) is 203 Å². The second-order valence-electron chi connectivity index (χ2n) is 21.0. The minimum atomic E-state index is -4.67. The number of methoxy groups -OCH3 is 2. The summed E-state index contributed by atoms with van der Waals surface area (Å²) in [4.78, 5) is 54.7. The van der Waals surface area contributed by atoms with Crippen LogP contribution in [0.25, 0.3) is 0 Å². The molecule has 4 atom stereocenters. The third kappa shape index (κ3) is 32.7. The van der Waals surface area contributed by atoms with Crippen LogP contribution in [0.3, 0.4) is 0 Å². The number of nitrogens with two attached hydrogens (primary N) is 2. The molecular weight excluding hydrogens is 1540 g/mol. The monoisotopic (exact) mass is 1620 g/mol. The average molecular weight is 1620 g/mol. The molecule has 11 rings (SSSR count).